The summed E-state index contributed by atoms with van der Waals surface area (Å²) in [6.07, 6.45) is 1.34. The van der Waals surface area contributed by atoms with E-state index in [4.69, 9.17) is 9.84 Å². The number of carboxylic acid groups (broad SMARTS) is 1. The molecule has 1 amide bonds. The van der Waals surface area contributed by atoms with Crippen LogP contribution in [0.4, 0.5) is 4.79 Å². The van der Waals surface area contributed by atoms with E-state index in [0.29, 0.717) is 12.1 Å². The van der Waals surface area contributed by atoms with Crippen LogP contribution in [0, 0.1) is 0 Å². The van der Waals surface area contributed by atoms with Crippen LogP contribution in [0.1, 0.15) is 54.6 Å². The fraction of sp³-hybridized carbons (Fsp3) is 0.500. The molecule has 114 valence electrons. The molecule has 5 heteroatoms. The van der Waals surface area contributed by atoms with Crippen LogP contribution in [0.15, 0.2) is 18.2 Å². The van der Waals surface area contributed by atoms with E-state index in [1.807, 2.05) is 26.8 Å². The molecule has 1 atom stereocenters. The van der Waals surface area contributed by atoms with E-state index in [-0.39, 0.29) is 5.92 Å². The first-order valence-electron chi connectivity index (χ1n) is 7.09. The highest BCUT2D eigenvalue weighted by molar-refractivity contribution is 5.88. The summed E-state index contributed by atoms with van der Waals surface area (Å²) in [5, 5.41) is 11.8. The van der Waals surface area contributed by atoms with Gasteiger partial charge in [-0.05, 0) is 56.9 Å². The Hall–Kier alpha value is -2.04. The molecule has 0 heterocycles. The quantitative estimate of drug-likeness (QED) is 0.897. The van der Waals surface area contributed by atoms with Crippen LogP contribution in [0.3, 0.4) is 0 Å². The number of ether oxygens (including phenoxy) is 1. The first-order valence-corrected chi connectivity index (χ1v) is 7.09. The van der Waals surface area contributed by atoms with Crippen LogP contribution in [0.5, 0.6) is 0 Å². The van der Waals surface area contributed by atoms with Crippen molar-refractivity contribution in [1.29, 1.82) is 0 Å². The Morgan fingerprint density at radius 1 is 1.38 bits per heavy atom. The molecule has 2 rings (SSSR count). The average Bonchev–Trinajstić information content (AvgIpc) is 2.76. The number of carbonyl (C=O) groups is 2. The third-order valence-electron chi connectivity index (χ3n) is 3.48. The van der Waals surface area contributed by atoms with Gasteiger partial charge in [0.05, 0.1) is 5.56 Å². The third kappa shape index (κ3) is 3.97. The second kappa shape index (κ2) is 5.76. The van der Waals surface area contributed by atoms with Gasteiger partial charge < -0.3 is 15.2 Å². The SMILES string of the molecule is CC(C)(C)OC(=O)NCC1CCc2cc(C(=O)O)ccc21. The van der Waals surface area contributed by atoms with Crippen molar-refractivity contribution < 1.29 is 19.4 Å². The van der Waals surface area contributed by atoms with Gasteiger partial charge in [0.2, 0.25) is 0 Å². The number of hydrogen-bond acceptors (Lipinski definition) is 3. The van der Waals surface area contributed by atoms with Crippen molar-refractivity contribution in [2.45, 2.75) is 45.1 Å². The van der Waals surface area contributed by atoms with E-state index in [1.54, 1.807) is 12.1 Å². The van der Waals surface area contributed by atoms with Gasteiger partial charge in [-0.1, -0.05) is 6.07 Å². The molecular weight excluding hydrogens is 270 g/mol. The fourth-order valence-corrected chi connectivity index (χ4v) is 2.57. The van der Waals surface area contributed by atoms with Gasteiger partial charge in [-0.25, -0.2) is 9.59 Å². The summed E-state index contributed by atoms with van der Waals surface area (Å²) in [7, 11) is 0. The van der Waals surface area contributed by atoms with Gasteiger partial charge in [0.1, 0.15) is 5.60 Å². The summed E-state index contributed by atoms with van der Waals surface area (Å²) in [5.41, 5.74) is 1.99. The minimum atomic E-state index is -0.909. The predicted octanol–water partition coefficient (Wildman–Crippen LogP) is 2.94. The van der Waals surface area contributed by atoms with Gasteiger partial charge in [-0.15, -0.1) is 0 Å². The standard InChI is InChI=1S/C16H21NO4/c1-16(2,3)21-15(20)17-9-12-5-4-10-8-11(14(18)19)6-7-13(10)12/h6-8,12H,4-5,9H2,1-3H3,(H,17,20)(H,18,19). The summed E-state index contributed by atoms with van der Waals surface area (Å²) in [6.45, 7) is 5.98. The Kier molecular flexibility index (Phi) is 4.21. The van der Waals surface area contributed by atoms with Gasteiger partial charge in [-0.2, -0.15) is 0 Å². The van der Waals surface area contributed by atoms with Gasteiger partial charge in [0.25, 0.3) is 0 Å². The Bertz CT molecular complexity index is 560. The highest BCUT2D eigenvalue weighted by atomic mass is 16.6. The van der Waals surface area contributed by atoms with Crippen LogP contribution in [-0.2, 0) is 11.2 Å². The largest absolute Gasteiger partial charge is 0.478 e. The van der Waals surface area contributed by atoms with Crippen molar-refractivity contribution in [1.82, 2.24) is 5.32 Å². The number of benzene rings is 1. The lowest BCUT2D eigenvalue weighted by Crippen LogP contribution is -2.34. The summed E-state index contributed by atoms with van der Waals surface area (Å²) in [4.78, 5) is 22.6. The zero-order valence-corrected chi connectivity index (χ0v) is 12.6. The topological polar surface area (TPSA) is 75.6 Å². The predicted molar refractivity (Wildman–Crippen MR) is 78.7 cm³/mol. The number of alkyl carbamates (subject to hydrolysis) is 1. The second-order valence-corrected chi connectivity index (χ2v) is 6.34. The second-order valence-electron chi connectivity index (χ2n) is 6.34. The molecule has 1 aliphatic carbocycles. The van der Waals surface area contributed by atoms with Crippen molar-refractivity contribution in [3.05, 3.63) is 34.9 Å². The molecule has 0 saturated heterocycles. The fourth-order valence-electron chi connectivity index (χ4n) is 2.57. The Labute approximate surface area is 124 Å². The van der Waals surface area contributed by atoms with E-state index in [0.717, 1.165) is 24.0 Å². The van der Waals surface area contributed by atoms with Crippen LogP contribution in [0.25, 0.3) is 0 Å². The number of carboxylic acids is 1. The van der Waals surface area contributed by atoms with Gasteiger partial charge in [0.15, 0.2) is 0 Å². The molecule has 0 spiro atoms. The maximum atomic E-state index is 11.7. The monoisotopic (exact) mass is 291 g/mol. The average molecular weight is 291 g/mol. The molecule has 5 nitrogen and oxygen atoms in total. The number of hydrogen-bond donors (Lipinski definition) is 2. The zero-order valence-electron chi connectivity index (χ0n) is 12.6. The molecule has 1 unspecified atom stereocenters. The Morgan fingerprint density at radius 3 is 2.71 bits per heavy atom. The van der Waals surface area contributed by atoms with E-state index in [1.165, 1.54) is 0 Å². The summed E-state index contributed by atoms with van der Waals surface area (Å²) in [6, 6.07) is 5.20. The maximum Gasteiger partial charge on any atom is 0.407 e. The Balaban J connectivity index is 1.97. The highest BCUT2D eigenvalue weighted by Crippen LogP contribution is 2.33. The lowest BCUT2D eigenvalue weighted by atomic mass is 10.00. The minimum absolute atomic E-state index is 0.218. The lowest BCUT2D eigenvalue weighted by molar-refractivity contribution is 0.0524. The van der Waals surface area contributed by atoms with Crippen molar-refractivity contribution >= 4 is 12.1 Å². The third-order valence-corrected chi connectivity index (χ3v) is 3.48. The van der Waals surface area contributed by atoms with Crippen molar-refractivity contribution in [3.63, 3.8) is 0 Å². The van der Waals surface area contributed by atoms with Crippen LogP contribution in [0.2, 0.25) is 0 Å². The Morgan fingerprint density at radius 2 is 2.10 bits per heavy atom. The molecule has 0 aliphatic heterocycles. The number of carbonyl (C=O) groups excluding carboxylic acids is 1. The number of fused-ring (bicyclic) bond motifs is 1. The van der Waals surface area contributed by atoms with Crippen LogP contribution < -0.4 is 5.32 Å². The van der Waals surface area contributed by atoms with Crippen LogP contribution in [-0.4, -0.2) is 29.3 Å². The minimum Gasteiger partial charge on any atom is -0.478 e. The smallest absolute Gasteiger partial charge is 0.407 e. The molecule has 0 bridgehead atoms. The molecular formula is C16H21NO4. The molecule has 1 aromatic carbocycles. The highest BCUT2D eigenvalue weighted by Gasteiger charge is 2.25. The van der Waals surface area contributed by atoms with Crippen molar-refractivity contribution in [2.24, 2.45) is 0 Å². The molecule has 2 N–H and O–H groups in total. The van der Waals surface area contributed by atoms with Gasteiger partial charge in [0, 0.05) is 12.5 Å². The maximum absolute atomic E-state index is 11.7. The molecule has 21 heavy (non-hydrogen) atoms. The van der Waals surface area contributed by atoms with E-state index < -0.39 is 17.7 Å². The molecule has 1 aliphatic rings. The molecule has 0 radical (unpaired) electrons. The lowest BCUT2D eigenvalue weighted by Gasteiger charge is -2.21. The van der Waals surface area contributed by atoms with Crippen molar-refractivity contribution in [2.75, 3.05) is 6.54 Å². The zero-order chi connectivity index (χ0) is 15.6. The number of amides is 1. The van der Waals surface area contributed by atoms with Crippen molar-refractivity contribution in [3.8, 4) is 0 Å². The normalized spacial score (nSPS) is 17.2. The first kappa shape index (κ1) is 15.4. The molecule has 0 aromatic heterocycles. The number of aryl methyl sites for hydroxylation is 1. The van der Waals surface area contributed by atoms with E-state index in [9.17, 15) is 9.59 Å². The molecule has 0 saturated carbocycles. The van der Waals surface area contributed by atoms with E-state index in [2.05, 4.69) is 5.32 Å². The molecule has 0 fully saturated rings. The summed E-state index contributed by atoms with van der Waals surface area (Å²) >= 11 is 0. The van der Waals surface area contributed by atoms with Gasteiger partial charge in [-0.3, -0.25) is 0 Å². The summed E-state index contributed by atoms with van der Waals surface area (Å²) < 4.78 is 5.21. The number of rotatable bonds is 3. The summed E-state index contributed by atoms with van der Waals surface area (Å²) in [5.74, 6) is -0.691. The number of aromatic carboxylic acids is 1. The molecule has 1 aromatic rings. The van der Waals surface area contributed by atoms with Gasteiger partial charge >= 0.3 is 12.1 Å². The number of nitrogens with one attached hydrogen (secondary N) is 1. The van der Waals surface area contributed by atoms with E-state index >= 15 is 0 Å². The van der Waals surface area contributed by atoms with Crippen LogP contribution >= 0.6 is 0 Å². The first-order chi connectivity index (χ1) is 9.76.